The lowest BCUT2D eigenvalue weighted by Crippen LogP contribution is -2.34. The summed E-state index contributed by atoms with van der Waals surface area (Å²) in [7, 11) is 1.72. The highest BCUT2D eigenvalue weighted by molar-refractivity contribution is 6.31. The first kappa shape index (κ1) is 12.8. The van der Waals surface area contributed by atoms with Crippen LogP contribution in [-0.4, -0.2) is 29.0 Å². The van der Waals surface area contributed by atoms with E-state index >= 15 is 0 Å². The third-order valence-electron chi connectivity index (χ3n) is 2.76. The lowest BCUT2D eigenvalue weighted by molar-refractivity contribution is 0.0737. The number of carbonyl (C=O) groups excluding carboxylic acids is 1. The summed E-state index contributed by atoms with van der Waals surface area (Å²) in [5.41, 5.74) is 0.246. The quantitative estimate of drug-likeness (QED) is 0.884. The van der Waals surface area contributed by atoms with E-state index in [0.29, 0.717) is 5.02 Å². The molecular formula is C12H16ClNO2. The Bertz CT molecular complexity index is 393. The molecule has 0 aliphatic carbocycles. The van der Waals surface area contributed by atoms with Gasteiger partial charge in [-0.1, -0.05) is 18.5 Å². The fraction of sp³-hybridized carbons (Fsp3) is 0.417. The molecule has 0 aliphatic heterocycles. The van der Waals surface area contributed by atoms with E-state index in [-0.39, 0.29) is 23.3 Å². The topological polar surface area (TPSA) is 40.5 Å². The van der Waals surface area contributed by atoms with Crippen LogP contribution in [0, 0.1) is 0 Å². The van der Waals surface area contributed by atoms with E-state index in [1.807, 2.05) is 13.8 Å². The summed E-state index contributed by atoms with van der Waals surface area (Å²) in [6.45, 7) is 3.96. The molecule has 0 heterocycles. The smallest absolute Gasteiger partial charge is 0.257 e. The summed E-state index contributed by atoms with van der Waals surface area (Å²) >= 11 is 5.80. The number of phenols is 1. The van der Waals surface area contributed by atoms with Crippen LogP contribution >= 0.6 is 11.6 Å². The molecule has 0 saturated heterocycles. The van der Waals surface area contributed by atoms with E-state index in [9.17, 15) is 9.90 Å². The summed E-state index contributed by atoms with van der Waals surface area (Å²) in [6, 6.07) is 4.60. The molecule has 0 bridgehead atoms. The number of hydrogen-bond donors (Lipinski definition) is 1. The molecule has 0 saturated carbocycles. The molecule has 0 radical (unpaired) electrons. The van der Waals surface area contributed by atoms with Gasteiger partial charge in [0.1, 0.15) is 5.75 Å². The molecule has 0 aliphatic rings. The number of hydrogen-bond acceptors (Lipinski definition) is 2. The van der Waals surface area contributed by atoms with Gasteiger partial charge >= 0.3 is 0 Å². The molecule has 16 heavy (non-hydrogen) atoms. The van der Waals surface area contributed by atoms with Crippen molar-refractivity contribution in [2.45, 2.75) is 26.3 Å². The normalized spacial score (nSPS) is 12.2. The fourth-order valence-electron chi connectivity index (χ4n) is 1.34. The molecule has 3 nitrogen and oxygen atoms in total. The first-order valence-corrected chi connectivity index (χ1v) is 5.60. The van der Waals surface area contributed by atoms with Crippen molar-refractivity contribution in [1.82, 2.24) is 4.90 Å². The Morgan fingerprint density at radius 3 is 2.75 bits per heavy atom. The number of amides is 1. The monoisotopic (exact) mass is 241 g/mol. The van der Waals surface area contributed by atoms with Crippen LogP contribution in [0.15, 0.2) is 18.2 Å². The second-order valence-electron chi connectivity index (χ2n) is 3.83. The van der Waals surface area contributed by atoms with Gasteiger partial charge in [0, 0.05) is 18.1 Å². The number of nitrogens with zero attached hydrogens (tertiary/aromatic N) is 1. The van der Waals surface area contributed by atoms with Gasteiger partial charge in [-0.05, 0) is 31.5 Å². The summed E-state index contributed by atoms with van der Waals surface area (Å²) in [5, 5.41) is 10.0. The zero-order valence-electron chi connectivity index (χ0n) is 9.70. The highest BCUT2D eigenvalue weighted by Gasteiger charge is 2.19. The summed E-state index contributed by atoms with van der Waals surface area (Å²) in [5.74, 6) is -0.251. The Labute approximate surface area is 101 Å². The second kappa shape index (κ2) is 5.21. The summed E-state index contributed by atoms with van der Waals surface area (Å²) < 4.78 is 0. The highest BCUT2D eigenvalue weighted by Crippen LogP contribution is 2.23. The minimum atomic E-state index is -0.214. The van der Waals surface area contributed by atoms with E-state index in [4.69, 9.17) is 11.6 Å². The van der Waals surface area contributed by atoms with Gasteiger partial charge in [0.15, 0.2) is 0 Å². The standard InChI is InChI=1S/C12H16ClNO2/c1-4-8(2)14(3)12(16)10-7-9(13)5-6-11(10)15/h5-8,15H,4H2,1-3H3. The lowest BCUT2D eigenvalue weighted by Gasteiger charge is -2.24. The Morgan fingerprint density at radius 1 is 1.56 bits per heavy atom. The van der Waals surface area contributed by atoms with Crippen LogP contribution in [0.1, 0.15) is 30.6 Å². The minimum absolute atomic E-state index is 0.0375. The van der Waals surface area contributed by atoms with Crippen LogP contribution in [0.25, 0.3) is 0 Å². The average Bonchev–Trinajstić information content (AvgIpc) is 2.29. The number of phenolic OH excluding ortho intramolecular Hbond substituents is 1. The molecule has 1 N–H and O–H groups in total. The number of carbonyl (C=O) groups is 1. The first-order chi connectivity index (χ1) is 7.47. The van der Waals surface area contributed by atoms with E-state index in [1.165, 1.54) is 12.1 Å². The molecule has 88 valence electrons. The number of benzene rings is 1. The van der Waals surface area contributed by atoms with Crippen molar-refractivity contribution < 1.29 is 9.90 Å². The molecule has 1 aromatic rings. The second-order valence-corrected chi connectivity index (χ2v) is 4.27. The Kier molecular flexibility index (Phi) is 4.19. The molecule has 1 unspecified atom stereocenters. The molecule has 1 amide bonds. The van der Waals surface area contributed by atoms with Gasteiger partial charge in [0.25, 0.3) is 5.91 Å². The van der Waals surface area contributed by atoms with Gasteiger partial charge in [-0.25, -0.2) is 0 Å². The highest BCUT2D eigenvalue weighted by atomic mass is 35.5. The van der Waals surface area contributed by atoms with E-state index in [0.717, 1.165) is 6.42 Å². The van der Waals surface area contributed by atoms with Gasteiger partial charge < -0.3 is 10.0 Å². The van der Waals surface area contributed by atoms with Crippen LogP contribution in [0.4, 0.5) is 0 Å². The van der Waals surface area contributed by atoms with Crippen molar-refractivity contribution in [1.29, 1.82) is 0 Å². The van der Waals surface area contributed by atoms with Gasteiger partial charge in [0.05, 0.1) is 5.56 Å². The molecule has 1 atom stereocenters. The van der Waals surface area contributed by atoms with Gasteiger partial charge in [-0.15, -0.1) is 0 Å². The maximum atomic E-state index is 12.0. The minimum Gasteiger partial charge on any atom is -0.507 e. The van der Waals surface area contributed by atoms with Crippen molar-refractivity contribution in [3.63, 3.8) is 0 Å². The predicted octanol–water partition coefficient (Wildman–Crippen LogP) is 2.92. The van der Waals surface area contributed by atoms with Crippen LogP contribution in [0.3, 0.4) is 0 Å². The van der Waals surface area contributed by atoms with E-state index in [1.54, 1.807) is 18.0 Å². The fourth-order valence-corrected chi connectivity index (χ4v) is 1.52. The molecule has 1 aromatic carbocycles. The van der Waals surface area contributed by atoms with Crippen LogP contribution in [0.2, 0.25) is 5.02 Å². The van der Waals surface area contributed by atoms with Crippen LogP contribution < -0.4 is 0 Å². The van der Waals surface area contributed by atoms with Crippen molar-refractivity contribution in [2.75, 3.05) is 7.05 Å². The van der Waals surface area contributed by atoms with Crippen molar-refractivity contribution in [3.05, 3.63) is 28.8 Å². The van der Waals surface area contributed by atoms with Gasteiger partial charge in [-0.3, -0.25) is 4.79 Å². The third-order valence-corrected chi connectivity index (χ3v) is 3.00. The first-order valence-electron chi connectivity index (χ1n) is 5.23. The number of aromatic hydroxyl groups is 1. The number of rotatable bonds is 3. The molecular weight excluding hydrogens is 226 g/mol. The lowest BCUT2D eigenvalue weighted by atomic mass is 10.1. The van der Waals surface area contributed by atoms with Crippen LogP contribution in [-0.2, 0) is 0 Å². The average molecular weight is 242 g/mol. The molecule has 0 spiro atoms. The molecule has 0 aromatic heterocycles. The van der Waals surface area contributed by atoms with Crippen molar-refractivity contribution in [3.8, 4) is 5.75 Å². The van der Waals surface area contributed by atoms with E-state index in [2.05, 4.69) is 0 Å². The number of halogens is 1. The zero-order chi connectivity index (χ0) is 12.3. The summed E-state index contributed by atoms with van der Waals surface area (Å²) in [6.07, 6.45) is 0.865. The van der Waals surface area contributed by atoms with E-state index < -0.39 is 0 Å². The van der Waals surface area contributed by atoms with Crippen molar-refractivity contribution >= 4 is 17.5 Å². The van der Waals surface area contributed by atoms with Crippen LogP contribution in [0.5, 0.6) is 5.75 Å². The van der Waals surface area contributed by atoms with Gasteiger partial charge in [-0.2, -0.15) is 0 Å². The molecule has 4 heteroatoms. The van der Waals surface area contributed by atoms with Crippen molar-refractivity contribution in [2.24, 2.45) is 0 Å². The largest absolute Gasteiger partial charge is 0.507 e. The summed E-state index contributed by atoms with van der Waals surface area (Å²) in [4.78, 5) is 13.6. The molecule has 0 fully saturated rings. The molecule has 1 rings (SSSR count). The Balaban J connectivity index is 3.00. The Hall–Kier alpha value is -1.22. The van der Waals surface area contributed by atoms with Gasteiger partial charge in [0.2, 0.25) is 0 Å². The maximum Gasteiger partial charge on any atom is 0.257 e. The third kappa shape index (κ3) is 2.67. The SMILES string of the molecule is CCC(C)N(C)C(=O)c1cc(Cl)ccc1O. The predicted molar refractivity (Wildman–Crippen MR) is 65.0 cm³/mol. The Morgan fingerprint density at radius 2 is 2.19 bits per heavy atom. The maximum absolute atomic E-state index is 12.0. The zero-order valence-corrected chi connectivity index (χ0v) is 10.5.